The number of aldehydes is 1. The molecule has 2 aliphatic heterocycles. The molecule has 2 aromatic rings. The summed E-state index contributed by atoms with van der Waals surface area (Å²) in [6.45, 7) is 5.47. The normalized spacial score (nSPS) is 22.2. The van der Waals surface area contributed by atoms with Gasteiger partial charge in [0.15, 0.2) is 5.82 Å². The number of ether oxygens (including phenoxy) is 2. The third-order valence-electron chi connectivity index (χ3n) is 7.29. The smallest absolute Gasteiger partial charge is 0.324 e. The van der Waals surface area contributed by atoms with Crippen LogP contribution in [0.3, 0.4) is 0 Å². The van der Waals surface area contributed by atoms with Crippen LogP contribution >= 0.6 is 0 Å². The topological polar surface area (TPSA) is 80.9 Å². The van der Waals surface area contributed by atoms with Crippen molar-refractivity contribution < 1.29 is 23.2 Å². The second-order valence-corrected chi connectivity index (χ2v) is 9.83. The van der Waals surface area contributed by atoms with Crippen molar-refractivity contribution in [3.8, 4) is 5.75 Å². The number of carbonyl (C=O) groups excluding carboxylic acids is 1. The molecule has 0 radical (unpaired) electrons. The van der Waals surface area contributed by atoms with Crippen LogP contribution in [0.4, 0.5) is 10.4 Å². The highest BCUT2D eigenvalue weighted by atomic mass is 19.1. The van der Waals surface area contributed by atoms with E-state index in [1.54, 1.807) is 19.2 Å². The fraction of sp³-hybridized carbons (Fsp3) is 0.654. The van der Waals surface area contributed by atoms with E-state index in [1.807, 2.05) is 0 Å². The molecule has 1 aromatic heterocycles. The Hall–Kier alpha value is -2.52. The lowest BCUT2D eigenvalue weighted by Crippen LogP contribution is -2.34. The van der Waals surface area contributed by atoms with Crippen molar-refractivity contribution in [3.05, 3.63) is 35.4 Å². The molecule has 0 spiro atoms. The van der Waals surface area contributed by atoms with Gasteiger partial charge in [0.05, 0.1) is 6.61 Å². The summed E-state index contributed by atoms with van der Waals surface area (Å²) in [6.07, 6.45) is 6.72. The number of benzene rings is 1. The maximum atomic E-state index is 13.9. The van der Waals surface area contributed by atoms with Gasteiger partial charge in [-0.3, -0.25) is 0 Å². The molecular weight excluding hydrogens is 451 g/mol. The van der Waals surface area contributed by atoms with Gasteiger partial charge in [-0.2, -0.15) is 4.98 Å². The molecule has 192 valence electrons. The summed E-state index contributed by atoms with van der Waals surface area (Å²) in [5, 5.41) is 3.93. The van der Waals surface area contributed by atoms with Crippen molar-refractivity contribution in [1.29, 1.82) is 0 Å². The first kappa shape index (κ1) is 25.6. The highest BCUT2D eigenvalue weighted by Gasteiger charge is 2.43. The second-order valence-electron chi connectivity index (χ2n) is 9.83. The van der Waals surface area contributed by atoms with Gasteiger partial charge in [0.25, 0.3) is 0 Å². The van der Waals surface area contributed by atoms with E-state index in [0.717, 1.165) is 44.2 Å². The Balaban J connectivity index is 0.000000514. The van der Waals surface area contributed by atoms with Gasteiger partial charge in [0, 0.05) is 32.7 Å². The van der Waals surface area contributed by atoms with Gasteiger partial charge in [0.2, 0.25) is 0 Å². The van der Waals surface area contributed by atoms with Gasteiger partial charge >= 0.3 is 6.01 Å². The van der Waals surface area contributed by atoms with Crippen LogP contribution in [0.15, 0.2) is 22.7 Å². The minimum atomic E-state index is -0.383. The van der Waals surface area contributed by atoms with Crippen LogP contribution in [-0.4, -0.2) is 68.3 Å². The van der Waals surface area contributed by atoms with Gasteiger partial charge in [-0.1, -0.05) is 11.2 Å². The zero-order chi connectivity index (χ0) is 24.6. The number of nitrogens with zero attached hydrogens (tertiary/aromatic N) is 4. The van der Waals surface area contributed by atoms with Crippen LogP contribution in [0.25, 0.3) is 0 Å². The monoisotopic (exact) mass is 488 g/mol. The standard InChI is InChI=1S/C22H28FN3O4.C4H9N/c1-28-14-21-24-22(30-25-21)26-8-4-15(5-9-26)19-12-17(19)7-11-29-18-3-2-16(6-10-27)20(23)13-18;1-5-3-2-4-5/h2-3,10,13,15,17,19H,4-9,11-12,14H2,1H3;2-4H2,1H3. The SMILES string of the molecule is CN1CCC1.COCc1noc(N2CCC(C3CC3CCOc3ccc(CC=O)c(F)c3)CC2)n1. The van der Waals surface area contributed by atoms with E-state index in [-0.39, 0.29) is 12.2 Å². The molecule has 2 atom stereocenters. The fourth-order valence-corrected chi connectivity index (χ4v) is 4.94. The number of aromatic nitrogens is 2. The average molecular weight is 489 g/mol. The van der Waals surface area contributed by atoms with E-state index in [9.17, 15) is 9.18 Å². The largest absolute Gasteiger partial charge is 0.493 e. The Labute approximate surface area is 206 Å². The molecule has 5 rings (SSSR count). The van der Waals surface area contributed by atoms with E-state index in [2.05, 4.69) is 27.0 Å². The molecule has 3 fully saturated rings. The van der Waals surface area contributed by atoms with E-state index < -0.39 is 0 Å². The lowest BCUT2D eigenvalue weighted by atomic mass is 9.90. The molecule has 1 aliphatic carbocycles. The van der Waals surface area contributed by atoms with E-state index in [4.69, 9.17) is 14.0 Å². The Morgan fingerprint density at radius 2 is 2.00 bits per heavy atom. The van der Waals surface area contributed by atoms with Gasteiger partial charge < -0.3 is 28.6 Å². The summed E-state index contributed by atoms with van der Waals surface area (Å²) in [5.41, 5.74) is 0.404. The summed E-state index contributed by atoms with van der Waals surface area (Å²) >= 11 is 0. The number of anilines is 1. The lowest BCUT2D eigenvalue weighted by Gasteiger charge is -2.30. The summed E-state index contributed by atoms with van der Waals surface area (Å²) in [7, 11) is 3.76. The predicted molar refractivity (Wildman–Crippen MR) is 130 cm³/mol. The van der Waals surface area contributed by atoms with Crippen molar-refractivity contribution in [1.82, 2.24) is 15.0 Å². The van der Waals surface area contributed by atoms with Gasteiger partial charge in [0.1, 0.15) is 24.5 Å². The Morgan fingerprint density at radius 3 is 2.63 bits per heavy atom. The maximum absolute atomic E-state index is 13.9. The summed E-state index contributed by atoms with van der Waals surface area (Å²) in [5.74, 6) is 2.90. The zero-order valence-electron chi connectivity index (χ0n) is 20.8. The summed E-state index contributed by atoms with van der Waals surface area (Å²) in [6, 6.07) is 5.31. The Bertz CT molecular complexity index is 943. The number of hydrogen-bond donors (Lipinski definition) is 0. The van der Waals surface area contributed by atoms with Crippen LogP contribution in [0.1, 0.15) is 43.5 Å². The van der Waals surface area contributed by atoms with Crippen molar-refractivity contribution in [2.24, 2.45) is 17.8 Å². The van der Waals surface area contributed by atoms with Crippen LogP contribution in [-0.2, 0) is 22.6 Å². The lowest BCUT2D eigenvalue weighted by molar-refractivity contribution is -0.107. The highest BCUT2D eigenvalue weighted by molar-refractivity contribution is 5.55. The number of hydrogen-bond acceptors (Lipinski definition) is 8. The maximum Gasteiger partial charge on any atom is 0.324 e. The van der Waals surface area contributed by atoms with E-state index in [1.165, 1.54) is 32.0 Å². The molecule has 3 aliphatic rings. The molecule has 0 amide bonds. The minimum absolute atomic E-state index is 0.0928. The van der Waals surface area contributed by atoms with Crippen molar-refractivity contribution in [2.75, 3.05) is 51.8 Å². The third kappa shape index (κ3) is 7.24. The number of rotatable bonds is 10. The Morgan fingerprint density at radius 1 is 1.23 bits per heavy atom. The van der Waals surface area contributed by atoms with Crippen molar-refractivity contribution in [3.63, 3.8) is 0 Å². The van der Waals surface area contributed by atoms with Crippen molar-refractivity contribution >= 4 is 12.3 Å². The Kier molecular flexibility index (Phi) is 9.09. The number of carbonyl (C=O) groups is 1. The van der Waals surface area contributed by atoms with Crippen LogP contribution in [0.2, 0.25) is 0 Å². The van der Waals surface area contributed by atoms with Gasteiger partial charge in [-0.25, -0.2) is 4.39 Å². The molecular formula is C26H37FN4O4. The first-order valence-corrected chi connectivity index (χ1v) is 12.7. The fourth-order valence-electron chi connectivity index (χ4n) is 4.94. The molecule has 2 saturated heterocycles. The molecule has 9 heteroatoms. The highest BCUT2D eigenvalue weighted by Crippen LogP contribution is 2.49. The molecule has 35 heavy (non-hydrogen) atoms. The second kappa shape index (κ2) is 12.4. The quantitative estimate of drug-likeness (QED) is 0.468. The number of halogens is 1. The minimum Gasteiger partial charge on any atom is -0.493 e. The molecule has 3 heterocycles. The number of piperidine rings is 1. The number of likely N-dealkylation sites (tertiary alicyclic amines) is 1. The molecule has 1 aromatic carbocycles. The van der Waals surface area contributed by atoms with Gasteiger partial charge in [-0.15, -0.1) is 0 Å². The number of methoxy groups -OCH3 is 1. The summed E-state index contributed by atoms with van der Waals surface area (Å²) < 4.78 is 30.0. The van der Waals surface area contributed by atoms with E-state index >= 15 is 0 Å². The first-order valence-electron chi connectivity index (χ1n) is 12.7. The molecule has 2 unspecified atom stereocenters. The van der Waals surface area contributed by atoms with Crippen molar-refractivity contribution in [2.45, 2.75) is 45.1 Å². The zero-order valence-corrected chi connectivity index (χ0v) is 20.8. The van der Waals surface area contributed by atoms with Crippen LogP contribution in [0.5, 0.6) is 5.75 Å². The average Bonchev–Trinajstić information content (AvgIpc) is 3.47. The molecule has 8 nitrogen and oxygen atoms in total. The summed E-state index contributed by atoms with van der Waals surface area (Å²) in [4.78, 5) is 19.4. The molecule has 0 N–H and O–H groups in total. The third-order valence-corrected chi connectivity index (χ3v) is 7.29. The van der Waals surface area contributed by atoms with Crippen LogP contribution in [0, 0.1) is 23.6 Å². The molecule has 1 saturated carbocycles. The van der Waals surface area contributed by atoms with Gasteiger partial charge in [-0.05, 0) is 81.6 Å². The van der Waals surface area contributed by atoms with Crippen LogP contribution < -0.4 is 9.64 Å². The van der Waals surface area contributed by atoms with E-state index in [0.29, 0.717) is 48.6 Å². The first-order chi connectivity index (χ1) is 17.1. The molecule has 0 bridgehead atoms. The predicted octanol–water partition coefficient (Wildman–Crippen LogP) is 3.74.